The van der Waals surface area contributed by atoms with E-state index < -0.39 is 0 Å². The second-order valence-corrected chi connectivity index (χ2v) is 5.19. The van der Waals surface area contributed by atoms with Crippen molar-refractivity contribution < 1.29 is 0 Å². The van der Waals surface area contributed by atoms with Gasteiger partial charge in [0.15, 0.2) is 0 Å². The van der Waals surface area contributed by atoms with E-state index in [0.717, 1.165) is 38.5 Å². The van der Waals surface area contributed by atoms with Gasteiger partial charge in [-0.2, -0.15) is 0 Å². The molecule has 0 saturated heterocycles. The van der Waals surface area contributed by atoms with Gasteiger partial charge in [-0.05, 0) is 44.1 Å². The quantitative estimate of drug-likeness (QED) is 0.899. The van der Waals surface area contributed by atoms with Crippen LogP contribution >= 0.6 is 24.8 Å². The van der Waals surface area contributed by atoms with Gasteiger partial charge in [0.2, 0.25) is 0 Å². The lowest BCUT2D eigenvalue weighted by molar-refractivity contribution is 0.258. The normalized spacial score (nSPS) is 26.9. The summed E-state index contributed by atoms with van der Waals surface area (Å²) in [5.41, 5.74) is 13.7. The van der Waals surface area contributed by atoms with E-state index in [9.17, 15) is 0 Å². The van der Waals surface area contributed by atoms with Gasteiger partial charge >= 0.3 is 0 Å². The summed E-state index contributed by atoms with van der Waals surface area (Å²) in [6.07, 6.45) is 6.52. The Morgan fingerprint density at radius 3 is 2.17 bits per heavy atom. The van der Waals surface area contributed by atoms with Crippen LogP contribution < -0.4 is 11.5 Å². The third-order valence-electron chi connectivity index (χ3n) is 3.78. The van der Waals surface area contributed by atoms with Crippen LogP contribution in [-0.2, 0) is 6.42 Å². The van der Waals surface area contributed by atoms with E-state index in [1.165, 1.54) is 5.56 Å². The Balaban J connectivity index is 0.00000144. The van der Waals surface area contributed by atoms with E-state index in [0.29, 0.717) is 6.04 Å². The zero-order chi connectivity index (χ0) is 11.4. The second-order valence-electron chi connectivity index (χ2n) is 5.19. The van der Waals surface area contributed by atoms with Gasteiger partial charge in [0.25, 0.3) is 0 Å². The van der Waals surface area contributed by atoms with E-state index in [2.05, 4.69) is 30.3 Å². The summed E-state index contributed by atoms with van der Waals surface area (Å²) >= 11 is 0. The number of aryl methyl sites for hydroxylation is 1. The van der Waals surface area contributed by atoms with E-state index in [1.54, 1.807) is 0 Å². The molecular formula is C14H24Cl2N2. The van der Waals surface area contributed by atoms with Crippen LogP contribution in [0.15, 0.2) is 30.3 Å². The molecule has 0 aliphatic heterocycles. The fourth-order valence-electron chi connectivity index (χ4n) is 2.50. The Kier molecular flexibility index (Phi) is 7.88. The summed E-state index contributed by atoms with van der Waals surface area (Å²) in [6.45, 7) is 0. The lowest BCUT2D eigenvalue weighted by Gasteiger charge is -2.36. The molecule has 0 atom stereocenters. The Morgan fingerprint density at radius 1 is 1.06 bits per heavy atom. The van der Waals surface area contributed by atoms with Crippen LogP contribution in [0, 0.1) is 0 Å². The zero-order valence-corrected chi connectivity index (χ0v) is 12.3. The average molecular weight is 291 g/mol. The van der Waals surface area contributed by atoms with E-state index >= 15 is 0 Å². The molecule has 1 fully saturated rings. The van der Waals surface area contributed by atoms with Gasteiger partial charge in [0.1, 0.15) is 0 Å². The predicted molar refractivity (Wildman–Crippen MR) is 82.6 cm³/mol. The maximum atomic E-state index is 6.41. The topological polar surface area (TPSA) is 52.0 Å². The minimum atomic E-state index is 0. The van der Waals surface area contributed by atoms with Crippen LogP contribution in [0.2, 0.25) is 0 Å². The second kappa shape index (κ2) is 8.00. The average Bonchev–Trinajstić information content (AvgIpc) is 2.33. The summed E-state index contributed by atoms with van der Waals surface area (Å²) < 4.78 is 0. The van der Waals surface area contributed by atoms with E-state index in [1.807, 2.05) is 0 Å². The number of nitrogens with two attached hydrogens (primary N) is 2. The molecule has 4 N–H and O–H groups in total. The van der Waals surface area contributed by atoms with Crippen LogP contribution in [0.25, 0.3) is 0 Å². The molecule has 1 aliphatic carbocycles. The van der Waals surface area contributed by atoms with Gasteiger partial charge in [0, 0.05) is 11.6 Å². The molecule has 1 aromatic carbocycles. The molecule has 0 heterocycles. The van der Waals surface area contributed by atoms with E-state index in [4.69, 9.17) is 11.5 Å². The summed E-state index contributed by atoms with van der Waals surface area (Å²) in [5, 5.41) is 0. The standard InChI is InChI=1S/C14H22N2.2ClH/c15-13-7-10-14(16,11-8-13)9-6-12-4-2-1-3-5-12;;/h1-5,13H,6-11,15-16H2;2*1H. The van der Waals surface area contributed by atoms with Crippen LogP contribution in [0.1, 0.15) is 37.7 Å². The smallest absolute Gasteiger partial charge is 0.0158 e. The maximum absolute atomic E-state index is 6.41. The number of hydrogen-bond donors (Lipinski definition) is 2. The molecule has 2 nitrogen and oxygen atoms in total. The molecule has 1 saturated carbocycles. The van der Waals surface area contributed by atoms with Crippen LogP contribution in [-0.4, -0.2) is 11.6 Å². The van der Waals surface area contributed by atoms with Crippen molar-refractivity contribution in [2.45, 2.75) is 50.1 Å². The molecule has 0 unspecified atom stereocenters. The van der Waals surface area contributed by atoms with Gasteiger partial charge < -0.3 is 11.5 Å². The molecule has 104 valence electrons. The van der Waals surface area contributed by atoms with Gasteiger partial charge in [0.05, 0.1) is 0 Å². The highest BCUT2D eigenvalue weighted by atomic mass is 35.5. The number of rotatable bonds is 3. The van der Waals surface area contributed by atoms with Gasteiger partial charge in [-0.15, -0.1) is 24.8 Å². The highest BCUT2D eigenvalue weighted by Gasteiger charge is 2.29. The molecule has 0 bridgehead atoms. The van der Waals surface area contributed by atoms with Crippen molar-refractivity contribution in [2.75, 3.05) is 0 Å². The van der Waals surface area contributed by atoms with Gasteiger partial charge in [-0.3, -0.25) is 0 Å². The number of benzene rings is 1. The molecule has 1 aromatic rings. The maximum Gasteiger partial charge on any atom is 0.0158 e. The fourth-order valence-corrected chi connectivity index (χ4v) is 2.50. The monoisotopic (exact) mass is 290 g/mol. The highest BCUT2D eigenvalue weighted by molar-refractivity contribution is 5.85. The molecule has 2 rings (SSSR count). The highest BCUT2D eigenvalue weighted by Crippen LogP contribution is 2.29. The minimum absolute atomic E-state index is 0. The summed E-state index contributed by atoms with van der Waals surface area (Å²) in [4.78, 5) is 0. The zero-order valence-electron chi connectivity index (χ0n) is 10.7. The third kappa shape index (κ3) is 5.15. The molecule has 18 heavy (non-hydrogen) atoms. The SMILES string of the molecule is Cl.Cl.NC1CCC(N)(CCc2ccccc2)CC1. The molecule has 1 aliphatic rings. The molecule has 4 heteroatoms. The van der Waals surface area contributed by atoms with Crippen LogP contribution in [0.4, 0.5) is 0 Å². The Labute approximate surface area is 122 Å². The van der Waals surface area contributed by atoms with Crippen molar-refractivity contribution in [3.63, 3.8) is 0 Å². The first-order chi connectivity index (χ1) is 7.68. The Hall–Kier alpha value is -0.280. The van der Waals surface area contributed by atoms with Crippen LogP contribution in [0.3, 0.4) is 0 Å². The predicted octanol–water partition coefficient (Wildman–Crippen LogP) is 3.06. The number of halogens is 2. The van der Waals surface area contributed by atoms with Gasteiger partial charge in [-0.1, -0.05) is 30.3 Å². The van der Waals surface area contributed by atoms with Crippen molar-refractivity contribution in [3.8, 4) is 0 Å². The summed E-state index contributed by atoms with van der Waals surface area (Å²) in [7, 11) is 0. The Bertz CT molecular complexity index is 322. The molecule has 0 radical (unpaired) electrons. The van der Waals surface area contributed by atoms with Gasteiger partial charge in [-0.25, -0.2) is 0 Å². The van der Waals surface area contributed by atoms with Crippen molar-refractivity contribution in [3.05, 3.63) is 35.9 Å². The first-order valence-corrected chi connectivity index (χ1v) is 6.26. The largest absolute Gasteiger partial charge is 0.328 e. The number of hydrogen-bond acceptors (Lipinski definition) is 2. The third-order valence-corrected chi connectivity index (χ3v) is 3.78. The first-order valence-electron chi connectivity index (χ1n) is 6.26. The Morgan fingerprint density at radius 2 is 1.61 bits per heavy atom. The molecule has 0 amide bonds. The lowest BCUT2D eigenvalue weighted by Crippen LogP contribution is -2.46. The minimum Gasteiger partial charge on any atom is -0.328 e. The summed E-state index contributed by atoms with van der Waals surface area (Å²) in [5.74, 6) is 0. The first kappa shape index (κ1) is 17.7. The molecule has 0 aromatic heterocycles. The van der Waals surface area contributed by atoms with E-state index in [-0.39, 0.29) is 30.4 Å². The van der Waals surface area contributed by atoms with Crippen molar-refractivity contribution in [2.24, 2.45) is 11.5 Å². The summed E-state index contributed by atoms with van der Waals surface area (Å²) in [6, 6.07) is 11.0. The molecule has 0 spiro atoms. The van der Waals surface area contributed by atoms with Crippen molar-refractivity contribution in [1.82, 2.24) is 0 Å². The fraction of sp³-hybridized carbons (Fsp3) is 0.571. The van der Waals surface area contributed by atoms with Crippen molar-refractivity contribution in [1.29, 1.82) is 0 Å². The molecular weight excluding hydrogens is 267 g/mol. The van der Waals surface area contributed by atoms with Crippen LogP contribution in [0.5, 0.6) is 0 Å². The lowest BCUT2D eigenvalue weighted by atomic mass is 9.77. The van der Waals surface area contributed by atoms with Crippen molar-refractivity contribution >= 4 is 24.8 Å².